The number of amides is 3. The third kappa shape index (κ3) is 5.37. The lowest BCUT2D eigenvalue weighted by Gasteiger charge is -2.35. The lowest BCUT2D eigenvalue weighted by Crippen LogP contribution is -2.54. The highest BCUT2D eigenvalue weighted by molar-refractivity contribution is 5.81. The van der Waals surface area contributed by atoms with Crippen LogP contribution in [0.4, 0.5) is 4.79 Å². The Morgan fingerprint density at radius 1 is 1.30 bits per heavy atom. The van der Waals surface area contributed by atoms with Gasteiger partial charge in [0, 0.05) is 32.2 Å². The second kappa shape index (κ2) is 8.52. The van der Waals surface area contributed by atoms with Gasteiger partial charge in [0.1, 0.15) is 0 Å². The Balaban J connectivity index is 1.82. The maximum absolute atomic E-state index is 12.5. The number of carbonyl (C=O) groups is 2. The van der Waals surface area contributed by atoms with Crippen LogP contribution in [-0.2, 0) is 4.79 Å². The minimum Gasteiger partial charge on any atom is -0.352 e. The molecule has 0 aromatic rings. The van der Waals surface area contributed by atoms with Crippen LogP contribution in [0.5, 0.6) is 0 Å². The van der Waals surface area contributed by atoms with Crippen LogP contribution in [-0.4, -0.2) is 55.6 Å². The first-order valence-electron chi connectivity index (χ1n) is 9.01. The highest BCUT2D eigenvalue weighted by Gasteiger charge is 2.31. The van der Waals surface area contributed by atoms with Gasteiger partial charge < -0.3 is 20.9 Å². The summed E-state index contributed by atoms with van der Waals surface area (Å²) in [4.78, 5) is 26.5. The molecule has 2 rings (SSSR count). The Kier molecular flexibility index (Phi) is 6.69. The molecule has 23 heavy (non-hydrogen) atoms. The van der Waals surface area contributed by atoms with E-state index in [1.165, 1.54) is 0 Å². The molecular weight excluding hydrogens is 292 g/mol. The zero-order valence-electron chi connectivity index (χ0n) is 14.7. The average molecular weight is 324 g/mol. The van der Waals surface area contributed by atoms with E-state index in [0.29, 0.717) is 24.9 Å². The molecule has 0 aromatic carbocycles. The monoisotopic (exact) mass is 324 g/mol. The van der Waals surface area contributed by atoms with Gasteiger partial charge in [0.25, 0.3) is 0 Å². The Labute approximate surface area is 139 Å². The van der Waals surface area contributed by atoms with E-state index in [2.05, 4.69) is 36.7 Å². The number of rotatable bonds is 4. The van der Waals surface area contributed by atoms with Gasteiger partial charge in [-0.05, 0) is 37.6 Å². The number of nitrogens with zero attached hydrogens (tertiary/aromatic N) is 1. The first kappa shape index (κ1) is 18.0. The van der Waals surface area contributed by atoms with Crippen LogP contribution in [0.1, 0.15) is 40.0 Å². The highest BCUT2D eigenvalue weighted by Crippen LogP contribution is 2.18. The third-order valence-electron chi connectivity index (χ3n) is 4.90. The number of nitrogens with one attached hydrogen (secondary N) is 3. The SMILES string of the molecule is CC(C)CNC(=O)N1CCCC(C(=O)NC2CNCCC2C)C1. The second-order valence-corrected chi connectivity index (χ2v) is 7.45. The quantitative estimate of drug-likeness (QED) is 0.727. The molecule has 3 atom stereocenters. The van der Waals surface area contributed by atoms with Gasteiger partial charge >= 0.3 is 6.03 Å². The van der Waals surface area contributed by atoms with Crippen molar-refractivity contribution in [3.05, 3.63) is 0 Å². The summed E-state index contributed by atoms with van der Waals surface area (Å²) in [7, 11) is 0. The fourth-order valence-corrected chi connectivity index (χ4v) is 3.26. The first-order valence-corrected chi connectivity index (χ1v) is 9.01. The molecule has 3 amide bonds. The smallest absolute Gasteiger partial charge is 0.317 e. The molecule has 6 heteroatoms. The van der Waals surface area contributed by atoms with Crippen molar-refractivity contribution in [1.82, 2.24) is 20.9 Å². The first-order chi connectivity index (χ1) is 11.0. The van der Waals surface area contributed by atoms with Crippen molar-refractivity contribution >= 4 is 11.9 Å². The molecule has 0 bridgehead atoms. The molecule has 2 aliphatic heterocycles. The molecule has 3 N–H and O–H groups in total. The van der Waals surface area contributed by atoms with Crippen molar-refractivity contribution in [2.75, 3.05) is 32.7 Å². The van der Waals surface area contributed by atoms with Crippen molar-refractivity contribution in [3.63, 3.8) is 0 Å². The van der Waals surface area contributed by atoms with E-state index in [1.54, 1.807) is 4.90 Å². The second-order valence-electron chi connectivity index (χ2n) is 7.45. The molecule has 132 valence electrons. The molecular formula is C17H32N4O2. The Hall–Kier alpha value is -1.30. The lowest BCUT2D eigenvalue weighted by molar-refractivity contribution is -0.127. The summed E-state index contributed by atoms with van der Waals surface area (Å²) < 4.78 is 0. The zero-order valence-corrected chi connectivity index (χ0v) is 14.7. The Morgan fingerprint density at radius 3 is 2.78 bits per heavy atom. The zero-order chi connectivity index (χ0) is 16.8. The normalized spacial score (nSPS) is 28.5. The molecule has 2 heterocycles. The molecule has 3 unspecified atom stereocenters. The van der Waals surface area contributed by atoms with Crippen molar-refractivity contribution in [1.29, 1.82) is 0 Å². The van der Waals surface area contributed by atoms with E-state index in [0.717, 1.165) is 38.9 Å². The lowest BCUT2D eigenvalue weighted by atomic mass is 9.92. The van der Waals surface area contributed by atoms with Crippen molar-refractivity contribution in [3.8, 4) is 0 Å². The van der Waals surface area contributed by atoms with Crippen LogP contribution in [0.15, 0.2) is 0 Å². The van der Waals surface area contributed by atoms with E-state index in [4.69, 9.17) is 0 Å². The molecule has 2 fully saturated rings. The van der Waals surface area contributed by atoms with Gasteiger partial charge in [-0.2, -0.15) is 0 Å². The van der Waals surface area contributed by atoms with Gasteiger partial charge in [0.15, 0.2) is 0 Å². The Bertz CT molecular complexity index is 413. The predicted molar refractivity (Wildman–Crippen MR) is 91.1 cm³/mol. The largest absolute Gasteiger partial charge is 0.352 e. The maximum Gasteiger partial charge on any atom is 0.317 e. The minimum absolute atomic E-state index is 0.0381. The summed E-state index contributed by atoms with van der Waals surface area (Å²) >= 11 is 0. The maximum atomic E-state index is 12.5. The molecule has 2 aliphatic rings. The van der Waals surface area contributed by atoms with E-state index in [-0.39, 0.29) is 23.9 Å². The van der Waals surface area contributed by atoms with Crippen LogP contribution >= 0.6 is 0 Å². The third-order valence-corrected chi connectivity index (χ3v) is 4.90. The topological polar surface area (TPSA) is 73.5 Å². The molecule has 0 aromatic heterocycles. The Morgan fingerprint density at radius 2 is 2.09 bits per heavy atom. The number of hydrogen-bond donors (Lipinski definition) is 3. The van der Waals surface area contributed by atoms with Crippen LogP contribution in [0.25, 0.3) is 0 Å². The summed E-state index contributed by atoms with van der Waals surface area (Å²) in [5.41, 5.74) is 0. The van der Waals surface area contributed by atoms with Crippen LogP contribution in [0.3, 0.4) is 0 Å². The molecule has 0 spiro atoms. The number of carbonyl (C=O) groups excluding carboxylic acids is 2. The summed E-state index contributed by atoms with van der Waals surface area (Å²) in [6, 6.07) is 0.172. The van der Waals surface area contributed by atoms with Gasteiger partial charge in [-0.15, -0.1) is 0 Å². The van der Waals surface area contributed by atoms with Gasteiger partial charge in [-0.1, -0.05) is 20.8 Å². The molecule has 2 saturated heterocycles. The minimum atomic E-state index is -0.0809. The predicted octanol–water partition coefficient (Wildman–Crippen LogP) is 1.18. The summed E-state index contributed by atoms with van der Waals surface area (Å²) in [6.07, 6.45) is 2.86. The van der Waals surface area contributed by atoms with Crippen LogP contribution in [0, 0.1) is 17.8 Å². The molecule has 6 nitrogen and oxygen atoms in total. The highest BCUT2D eigenvalue weighted by atomic mass is 16.2. The van der Waals surface area contributed by atoms with Crippen molar-refractivity contribution in [2.24, 2.45) is 17.8 Å². The number of urea groups is 1. The number of hydrogen-bond acceptors (Lipinski definition) is 3. The summed E-state index contributed by atoms with van der Waals surface area (Å²) in [6.45, 7) is 10.2. The van der Waals surface area contributed by atoms with Crippen molar-refractivity contribution in [2.45, 2.75) is 46.1 Å². The van der Waals surface area contributed by atoms with Gasteiger partial charge in [0.2, 0.25) is 5.91 Å². The molecule has 0 radical (unpaired) electrons. The standard InChI is InChI=1S/C17H32N4O2/c1-12(2)9-19-17(23)21-8-4-5-14(11-21)16(22)20-15-10-18-7-6-13(15)3/h12-15,18H,4-11H2,1-3H3,(H,19,23)(H,20,22). The van der Waals surface area contributed by atoms with Crippen molar-refractivity contribution < 1.29 is 9.59 Å². The van der Waals surface area contributed by atoms with Crippen LogP contribution in [0.2, 0.25) is 0 Å². The van der Waals surface area contributed by atoms with E-state index in [1.807, 2.05) is 0 Å². The molecule has 0 saturated carbocycles. The van der Waals surface area contributed by atoms with Gasteiger partial charge in [-0.3, -0.25) is 4.79 Å². The van der Waals surface area contributed by atoms with Gasteiger partial charge in [-0.25, -0.2) is 4.79 Å². The summed E-state index contributed by atoms with van der Waals surface area (Å²) in [5, 5.41) is 9.47. The summed E-state index contributed by atoms with van der Waals surface area (Å²) in [5.74, 6) is 0.965. The number of likely N-dealkylation sites (tertiary alicyclic amines) is 1. The van der Waals surface area contributed by atoms with Crippen LogP contribution < -0.4 is 16.0 Å². The van der Waals surface area contributed by atoms with Gasteiger partial charge in [0.05, 0.1) is 5.92 Å². The molecule has 0 aliphatic carbocycles. The van der Waals surface area contributed by atoms with E-state index >= 15 is 0 Å². The number of piperidine rings is 2. The average Bonchev–Trinajstić information content (AvgIpc) is 2.54. The van der Waals surface area contributed by atoms with E-state index < -0.39 is 0 Å². The fraction of sp³-hybridized carbons (Fsp3) is 0.882. The fourth-order valence-electron chi connectivity index (χ4n) is 3.26. The van der Waals surface area contributed by atoms with E-state index in [9.17, 15) is 9.59 Å².